The Balaban J connectivity index is 0.881. The predicted octanol–water partition coefficient (Wildman–Crippen LogP) is 13.5. The fourth-order valence-corrected chi connectivity index (χ4v) is 11.2. The number of benzene rings is 8. The molecule has 300 valence electrons. The van der Waals surface area contributed by atoms with Crippen molar-refractivity contribution in [3.05, 3.63) is 222 Å². The summed E-state index contributed by atoms with van der Waals surface area (Å²) in [5, 5.41) is 2.53. The van der Waals surface area contributed by atoms with Gasteiger partial charge in [-0.15, -0.1) is 0 Å². The minimum absolute atomic E-state index is 0.335. The number of hydrogen-bond donors (Lipinski definition) is 2. The molecule has 1 saturated carbocycles. The van der Waals surface area contributed by atoms with Crippen LogP contribution in [0.3, 0.4) is 0 Å². The smallest absolute Gasteiger partial charge is 0.0542 e. The molecule has 1 aromatic heterocycles. The van der Waals surface area contributed by atoms with E-state index in [1.807, 2.05) is 0 Å². The second-order valence-electron chi connectivity index (χ2n) is 17.4. The van der Waals surface area contributed by atoms with Gasteiger partial charge in [0.05, 0.1) is 11.0 Å². The molecule has 1 aliphatic carbocycles. The van der Waals surface area contributed by atoms with Crippen molar-refractivity contribution in [3.63, 3.8) is 0 Å². The van der Waals surface area contributed by atoms with Crippen molar-refractivity contribution in [2.75, 3.05) is 27.8 Å². The van der Waals surface area contributed by atoms with Gasteiger partial charge in [0.25, 0.3) is 0 Å². The van der Waals surface area contributed by atoms with Gasteiger partial charge in [-0.1, -0.05) is 109 Å². The lowest BCUT2D eigenvalue weighted by Gasteiger charge is -2.29. The Labute approximate surface area is 362 Å². The van der Waals surface area contributed by atoms with Crippen molar-refractivity contribution in [1.82, 2.24) is 4.57 Å². The molecule has 3 aliphatic rings. The van der Waals surface area contributed by atoms with Crippen LogP contribution >= 0.6 is 0 Å². The molecule has 0 amide bonds. The van der Waals surface area contributed by atoms with Crippen LogP contribution in [-0.2, 0) is 0 Å². The quantitative estimate of drug-likeness (QED) is 0.124. The van der Waals surface area contributed by atoms with Crippen LogP contribution in [0, 0.1) is 5.92 Å². The van der Waals surface area contributed by atoms with E-state index in [0.717, 1.165) is 30.8 Å². The van der Waals surface area contributed by atoms with Gasteiger partial charge < -0.3 is 25.8 Å². The van der Waals surface area contributed by atoms with Crippen LogP contribution < -0.4 is 21.3 Å². The largest absolute Gasteiger partial charge is 0.399 e. The number of fused-ring (bicyclic) bond motifs is 7. The van der Waals surface area contributed by atoms with Crippen molar-refractivity contribution in [2.24, 2.45) is 5.92 Å². The molecule has 8 aromatic carbocycles. The minimum atomic E-state index is 0.335. The summed E-state index contributed by atoms with van der Waals surface area (Å²) < 4.78 is 2.39. The van der Waals surface area contributed by atoms with E-state index in [2.05, 4.69) is 215 Å². The molecule has 5 nitrogen and oxygen atoms in total. The summed E-state index contributed by atoms with van der Waals surface area (Å²) in [5.41, 5.74) is 30.9. The van der Waals surface area contributed by atoms with Crippen molar-refractivity contribution in [1.29, 1.82) is 0 Å². The second kappa shape index (κ2) is 14.6. The van der Waals surface area contributed by atoms with Crippen LogP contribution in [0.25, 0.3) is 39.1 Å². The topological polar surface area (TPSA) is 63.5 Å². The Morgan fingerprint density at radius 2 is 1.08 bits per heavy atom. The van der Waals surface area contributed by atoms with Crippen molar-refractivity contribution in [3.8, 4) is 5.69 Å². The average molecular weight is 802 g/mol. The summed E-state index contributed by atoms with van der Waals surface area (Å²) in [6, 6.07) is 70.5. The summed E-state index contributed by atoms with van der Waals surface area (Å²) in [7, 11) is 0. The van der Waals surface area contributed by atoms with Gasteiger partial charge in [-0.3, -0.25) is 0 Å². The number of nitrogen functional groups attached to an aromatic ring is 2. The van der Waals surface area contributed by atoms with E-state index in [9.17, 15) is 0 Å². The maximum Gasteiger partial charge on any atom is 0.0542 e. The first-order valence-electron chi connectivity index (χ1n) is 21.9. The van der Waals surface area contributed by atoms with E-state index in [1.165, 1.54) is 83.6 Å². The summed E-state index contributed by atoms with van der Waals surface area (Å²) in [5.74, 6) is 1.20. The number of aromatic nitrogens is 1. The van der Waals surface area contributed by atoms with Crippen molar-refractivity contribution in [2.45, 2.75) is 30.7 Å². The zero-order valence-corrected chi connectivity index (χ0v) is 34.5. The summed E-state index contributed by atoms with van der Waals surface area (Å²) in [6.45, 7) is 0.918. The number of anilines is 6. The van der Waals surface area contributed by atoms with Gasteiger partial charge in [0, 0.05) is 75.0 Å². The third kappa shape index (κ3) is 5.99. The predicted molar refractivity (Wildman–Crippen MR) is 260 cm³/mol. The molecule has 4 unspecified atom stereocenters. The molecule has 0 bridgehead atoms. The molecule has 0 saturated heterocycles. The van der Waals surface area contributed by atoms with Gasteiger partial charge in [-0.05, 0) is 143 Å². The molecule has 4 atom stereocenters. The van der Waals surface area contributed by atoms with E-state index >= 15 is 0 Å². The van der Waals surface area contributed by atoms with Crippen molar-refractivity contribution < 1.29 is 0 Å². The fraction of sp³-hybridized carbons (Fsp3) is 0.123. The van der Waals surface area contributed by atoms with Gasteiger partial charge in [0.1, 0.15) is 0 Å². The molecule has 3 heterocycles. The number of hydrogen-bond acceptors (Lipinski definition) is 4. The highest BCUT2D eigenvalue weighted by atomic mass is 15.2. The van der Waals surface area contributed by atoms with E-state index in [-0.39, 0.29) is 0 Å². The zero-order chi connectivity index (χ0) is 41.3. The Kier molecular flexibility index (Phi) is 8.56. The van der Waals surface area contributed by atoms with Crippen LogP contribution in [0.2, 0.25) is 0 Å². The highest BCUT2D eigenvalue weighted by Crippen LogP contribution is 2.59. The van der Waals surface area contributed by atoms with E-state index in [1.54, 1.807) is 0 Å². The molecule has 12 rings (SSSR count). The van der Waals surface area contributed by atoms with E-state index in [0.29, 0.717) is 23.8 Å². The van der Waals surface area contributed by atoms with Gasteiger partial charge in [0.15, 0.2) is 0 Å². The molecule has 1 fully saturated rings. The number of nitrogens with two attached hydrogens (primary N) is 2. The standard InChI is InChI=1S/C57H47N5/c58-41-22-27-53-50(34-41)52(36-60(53)45-26-29-56-51(35-45)46-18-10-11-19-54(46)61(56)43-16-8-3-9-17-43)40-31-48-49-33-42(59)23-28-55(49)62(57(48)32-40)44-24-20-37(21-25-44)30-47(38-12-4-1-5-13-38)39-14-6-2-7-15-39/h1-30,33-35,40,48,52,57H,31-32,36,58-59H2. The van der Waals surface area contributed by atoms with Gasteiger partial charge in [-0.2, -0.15) is 0 Å². The molecule has 2 aliphatic heterocycles. The monoisotopic (exact) mass is 801 g/mol. The van der Waals surface area contributed by atoms with Crippen LogP contribution in [0.4, 0.5) is 34.1 Å². The van der Waals surface area contributed by atoms with Crippen LogP contribution in [-0.4, -0.2) is 17.2 Å². The van der Waals surface area contributed by atoms with Crippen LogP contribution in [0.5, 0.6) is 0 Å². The van der Waals surface area contributed by atoms with Crippen molar-refractivity contribution >= 4 is 67.6 Å². The molecule has 4 N–H and O–H groups in total. The highest BCUT2D eigenvalue weighted by molar-refractivity contribution is 6.10. The molecule has 5 heteroatoms. The Morgan fingerprint density at radius 1 is 0.484 bits per heavy atom. The number of rotatable bonds is 7. The third-order valence-corrected chi connectivity index (χ3v) is 13.9. The second-order valence-corrected chi connectivity index (χ2v) is 17.4. The van der Waals surface area contributed by atoms with Crippen LogP contribution in [0.1, 0.15) is 52.5 Å². The lowest BCUT2D eigenvalue weighted by atomic mass is 9.84. The third-order valence-electron chi connectivity index (χ3n) is 13.9. The fourth-order valence-electron chi connectivity index (χ4n) is 11.2. The summed E-state index contributed by atoms with van der Waals surface area (Å²) >= 11 is 0. The number of para-hydroxylation sites is 2. The van der Waals surface area contributed by atoms with Crippen LogP contribution in [0.15, 0.2) is 194 Å². The maximum absolute atomic E-state index is 6.60. The lowest BCUT2D eigenvalue weighted by molar-refractivity contribution is 0.442. The molecule has 9 aromatic rings. The average Bonchev–Trinajstić information content (AvgIpc) is 4.07. The first-order valence-corrected chi connectivity index (χ1v) is 21.9. The summed E-state index contributed by atoms with van der Waals surface area (Å²) in [6.07, 6.45) is 4.51. The highest BCUT2D eigenvalue weighted by Gasteiger charge is 2.49. The van der Waals surface area contributed by atoms with Gasteiger partial charge in [0.2, 0.25) is 0 Å². The Bertz CT molecular complexity index is 3110. The van der Waals surface area contributed by atoms with E-state index < -0.39 is 0 Å². The molecular weight excluding hydrogens is 755 g/mol. The Hall–Kier alpha value is -7.50. The van der Waals surface area contributed by atoms with E-state index in [4.69, 9.17) is 11.5 Å². The molecule has 0 radical (unpaired) electrons. The molecule has 62 heavy (non-hydrogen) atoms. The van der Waals surface area contributed by atoms with Gasteiger partial charge in [-0.25, -0.2) is 0 Å². The molecule has 0 spiro atoms. The first kappa shape index (κ1) is 36.4. The normalized spacial score (nSPS) is 18.8. The Morgan fingerprint density at radius 3 is 1.79 bits per heavy atom. The zero-order valence-electron chi connectivity index (χ0n) is 34.5. The lowest BCUT2D eigenvalue weighted by Crippen LogP contribution is -2.28. The minimum Gasteiger partial charge on any atom is -0.399 e. The SMILES string of the molecule is Nc1ccc2c(c1)C(C1CC3c4cc(N)ccc4N(c4ccc(C=C(c5ccccc5)c5ccccc5)cc4)C3C1)CN2c1ccc2c(c1)c1ccccc1n2-c1ccccc1. The maximum atomic E-state index is 6.60. The first-order chi connectivity index (χ1) is 30.6. The summed E-state index contributed by atoms with van der Waals surface area (Å²) in [4.78, 5) is 5.17. The molecular formula is C57H47N5. The number of nitrogens with zero attached hydrogens (tertiary/aromatic N) is 3. The van der Waals surface area contributed by atoms with Gasteiger partial charge >= 0.3 is 0 Å².